The highest BCUT2D eigenvalue weighted by Gasteiger charge is 2.17. The van der Waals surface area contributed by atoms with Gasteiger partial charge in [-0.1, -0.05) is 37.1 Å². The molecule has 6 nitrogen and oxygen atoms in total. The number of hydrogen-bond acceptors (Lipinski definition) is 4. The first-order valence-electron chi connectivity index (χ1n) is 10.0. The Bertz CT molecular complexity index is 866. The zero-order valence-electron chi connectivity index (χ0n) is 18.0. The van der Waals surface area contributed by atoms with Gasteiger partial charge in [-0.25, -0.2) is 0 Å². The van der Waals surface area contributed by atoms with E-state index < -0.39 is 0 Å². The van der Waals surface area contributed by atoms with Crippen LogP contribution in [0.25, 0.3) is 0 Å². The topological polar surface area (TPSA) is 67.9 Å². The van der Waals surface area contributed by atoms with Crippen LogP contribution in [0.4, 0.5) is 5.69 Å². The summed E-state index contributed by atoms with van der Waals surface area (Å²) in [5.41, 5.74) is 1.87. The number of likely N-dealkylation sites (N-methyl/N-ethyl adjacent to an activating group) is 1. The summed E-state index contributed by atoms with van der Waals surface area (Å²) in [6, 6.07) is 10.4. The first-order chi connectivity index (χ1) is 14.3. The fraction of sp³-hybridized carbons (Fsp3) is 0.391. The van der Waals surface area contributed by atoms with Crippen molar-refractivity contribution in [2.24, 2.45) is 0 Å². The Kier molecular flexibility index (Phi) is 8.99. The van der Waals surface area contributed by atoms with Crippen LogP contribution in [-0.4, -0.2) is 44.0 Å². The van der Waals surface area contributed by atoms with Crippen LogP contribution in [0.5, 0.6) is 11.5 Å². The molecule has 162 valence electrons. The van der Waals surface area contributed by atoms with Gasteiger partial charge in [0.05, 0.1) is 24.7 Å². The number of amides is 2. The van der Waals surface area contributed by atoms with Gasteiger partial charge in [-0.05, 0) is 43.2 Å². The van der Waals surface area contributed by atoms with E-state index in [4.69, 9.17) is 21.1 Å². The SMILES string of the molecule is CCCCOc1c(Cl)cc(C(=O)Nc2ccc(CC(=O)N(C)C)cc2)cc1OCC. The number of anilines is 1. The summed E-state index contributed by atoms with van der Waals surface area (Å²) in [6.07, 6.45) is 2.22. The molecule has 0 aliphatic carbocycles. The minimum absolute atomic E-state index is 0.0196. The fourth-order valence-electron chi connectivity index (χ4n) is 2.66. The van der Waals surface area contributed by atoms with Crippen molar-refractivity contribution in [1.29, 1.82) is 0 Å². The van der Waals surface area contributed by atoms with E-state index in [1.54, 1.807) is 43.3 Å². The normalized spacial score (nSPS) is 10.4. The van der Waals surface area contributed by atoms with E-state index in [1.807, 2.05) is 19.1 Å². The lowest BCUT2D eigenvalue weighted by Gasteiger charge is -2.15. The number of carbonyl (C=O) groups excluding carboxylic acids is 2. The molecule has 2 aromatic carbocycles. The molecule has 0 saturated heterocycles. The Morgan fingerprint density at radius 2 is 1.77 bits per heavy atom. The van der Waals surface area contributed by atoms with E-state index in [9.17, 15) is 9.59 Å². The van der Waals surface area contributed by atoms with Crippen molar-refractivity contribution in [3.05, 3.63) is 52.5 Å². The third-order valence-corrected chi connectivity index (χ3v) is 4.66. The highest BCUT2D eigenvalue weighted by Crippen LogP contribution is 2.37. The lowest BCUT2D eigenvalue weighted by molar-refractivity contribution is -0.127. The Hall–Kier alpha value is -2.73. The number of rotatable bonds is 10. The molecule has 0 unspecified atom stereocenters. The van der Waals surface area contributed by atoms with Crippen molar-refractivity contribution in [3.8, 4) is 11.5 Å². The molecule has 30 heavy (non-hydrogen) atoms. The third-order valence-electron chi connectivity index (χ3n) is 4.38. The van der Waals surface area contributed by atoms with Gasteiger partial charge in [0.15, 0.2) is 11.5 Å². The molecule has 2 amide bonds. The maximum absolute atomic E-state index is 12.7. The maximum Gasteiger partial charge on any atom is 0.255 e. The van der Waals surface area contributed by atoms with E-state index in [0.29, 0.717) is 47.4 Å². The van der Waals surface area contributed by atoms with Crippen LogP contribution in [-0.2, 0) is 11.2 Å². The Morgan fingerprint density at radius 3 is 2.37 bits per heavy atom. The molecule has 7 heteroatoms. The average molecular weight is 433 g/mol. The first kappa shape index (κ1) is 23.5. The molecule has 2 aromatic rings. The third kappa shape index (κ3) is 6.66. The number of nitrogens with zero attached hydrogens (tertiary/aromatic N) is 1. The van der Waals surface area contributed by atoms with Gasteiger partial charge >= 0.3 is 0 Å². The standard InChI is InChI=1S/C23H29ClN2O4/c1-5-7-12-30-22-19(24)14-17(15-20(22)29-6-2)23(28)25-18-10-8-16(9-11-18)13-21(27)26(3)4/h8-11,14-15H,5-7,12-13H2,1-4H3,(H,25,28). The minimum Gasteiger partial charge on any atom is -0.490 e. The minimum atomic E-state index is -0.310. The number of ether oxygens (including phenoxy) is 2. The monoisotopic (exact) mass is 432 g/mol. The van der Waals surface area contributed by atoms with Gasteiger partial charge in [0.25, 0.3) is 5.91 Å². The number of halogens is 1. The summed E-state index contributed by atoms with van der Waals surface area (Å²) < 4.78 is 11.4. The van der Waals surface area contributed by atoms with Crippen molar-refractivity contribution < 1.29 is 19.1 Å². The summed E-state index contributed by atoms with van der Waals surface area (Å²) in [7, 11) is 3.44. The second kappa shape index (κ2) is 11.5. The van der Waals surface area contributed by atoms with Crippen LogP contribution < -0.4 is 14.8 Å². The number of benzene rings is 2. The number of unbranched alkanes of at least 4 members (excludes halogenated alkanes) is 1. The molecule has 0 spiro atoms. The molecule has 2 rings (SSSR count). The lowest BCUT2D eigenvalue weighted by Crippen LogP contribution is -2.23. The highest BCUT2D eigenvalue weighted by atomic mass is 35.5. The van der Waals surface area contributed by atoms with Gasteiger partial charge in [-0.3, -0.25) is 9.59 Å². The summed E-state index contributed by atoms with van der Waals surface area (Å²) in [5.74, 6) is 0.614. The Morgan fingerprint density at radius 1 is 1.07 bits per heavy atom. The average Bonchev–Trinajstić information content (AvgIpc) is 2.71. The highest BCUT2D eigenvalue weighted by molar-refractivity contribution is 6.32. The molecule has 0 saturated carbocycles. The zero-order chi connectivity index (χ0) is 22.1. The maximum atomic E-state index is 12.7. The first-order valence-corrected chi connectivity index (χ1v) is 10.4. The van der Waals surface area contributed by atoms with Gasteiger partial charge in [0, 0.05) is 25.3 Å². The van der Waals surface area contributed by atoms with Gasteiger partial charge < -0.3 is 19.7 Å². The second-order valence-corrected chi connectivity index (χ2v) is 7.44. The molecule has 0 aliphatic rings. The summed E-state index contributed by atoms with van der Waals surface area (Å²) in [6.45, 7) is 4.90. The molecular formula is C23H29ClN2O4. The largest absolute Gasteiger partial charge is 0.490 e. The van der Waals surface area contributed by atoms with Crippen molar-refractivity contribution in [1.82, 2.24) is 4.90 Å². The van der Waals surface area contributed by atoms with E-state index >= 15 is 0 Å². The fourth-order valence-corrected chi connectivity index (χ4v) is 2.93. The van der Waals surface area contributed by atoms with Crippen molar-refractivity contribution in [2.45, 2.75) is 33.1 Å². The summed E-state index contributed by atoms with van der Waals surface area (Å²) >= 11 is 6.37. The van der Waals surface area contributed by atoms with E-state index in [2.05, 4.69) is 12.2 Å². The molecule has 0 aromatic heterocycles. The molecule has 0 heterocycles. The quantitative estimate of drug-likeness (QED) is 0.547. The van der Waals surface area contributed by atoms with Crippen LogP contribution in [0.2, 0.25) is 5.02 Å². The van der Waals surface area contributed by atoms with Crippen LogP contribution in [0.1, 0.15) is 42.6 Å². The molecule has 0 radical (unpaired) electrons. The van der Waals surface area contributed by atoms with Crippen LogP contribution in [0.15, 0.2) is 36.4 Å². The predicted molar refractivity (Wildman–Crippen MR) is 120 cm³/mol. The number of hydrogen-bond donors (Lipinski definition) is 1. The molecule has 1 N–H and O–H groups in total. The van der Waals surface area contributed by atoms with E-state index in [-0.39, 0.29) is 11.8 Å². The molecule has 0 atom stereocenters. The van der Waals surface area contributed by atoms with Gasteiger partial charge in [-0.2, -0.15) is 0 Å². The van der Waals surface area contributed by atoms with E-state index in [0.717, 1.165) is 18.4 Å². The van der Waals surface area contributed by atoms with Gasteiger partial charge in [0.1, 0.15) is 0 Å². The molecule has 0 fully saturated rings. The van der Waals surface area contributed by atoms with Gasteiger partial charge in [0.2, 0.25) is 5.91 Å². The second-order valence-electron chi connectivity index (χ2n) is 7.04. The lowest BCUT2D eigenvalue weighted by atomic mass is 10.1. The molecule has 0 bridgehead atoms. The van der Waals surface area contributed by atoms with Gasteiger partial charge in [-0.15, -0.1) is 0 Å². The molecule has 0 aliphatic heterocycles. The number of carbonyl (C=O) groups is 2. The van der Waals surface area contributed by atoms with Crippen LogP contribution in [0, 0.1) is 0 Å². The Labute approximate surface area is 183 Å². The zero-order valence-corrected chi connectivity index (χ0v) is 18.7. The Balaban J connectivity index is 2.13. The van der Waals surface area contributed by atoms with Crippen molar-refractivity contribution in [2.75, 3.05) is 32.6 Å². The van der Waals surface area contributed by atoms with Crippen molar-refractivity contribution in [3.63, 3.8) is 0 Å². The van der Waals surface area contributed by atoms with E-state index in [1.165, 1.54) is 0 Å². The summed E-state index contributed by atoms with van der Waals surface area (Å²) in [5, 5.41) is 3.17. The number of nitrogens with one attached hydrogen (secondary N) is 1. The summed E-state index contributed by atoms with van der Waals surface area (Å²) in [4.78, 5) is 26.1. The molecular weight excluding hydrogens is 404 g/mol. The predicted octanol–water partition coefficient (Wildman–Crippen LogP) is 4.80. The van der Waals surface area contributed by atoms with Crippen LogP contribution in [0.3, 0.4) is 0 Å². The smallest absolute Gasteiger partial charge is 0.255 e. The van der Waals surface area contributed by atoms with Crippen LogP contribution >= 0.6 is 11.6 Å². The van der Waals surface area contributed by atoms with Crippen molar-refractivity contribution >= 4 is 29.1 Å².